The zero-order valence-electron chi connectivity index (χ0n) is 11.2. The highest BCUT2D eigenvalue weighted by molar-refractivity contribution is 9.10. The third-order valence-electron chi connectivity index (χ3n) is 2.81. The monoisotopic (exact) mass is 368 g/mol. The van der Waals surface area contributed by atoms with Gasteiger partial charge in [0, 0.05) is 38.5 Å². The number of methoxy groups -OCH3 is 1. The molecule has 5 nitrogen and oxygen atoms in total. The molecule has 0 bridgehead atoms. The van der Waals surface area contributed by atoms with Crippen LogP contribution in [0.4, 0.5) is 11.4 Å². The number of hydrogen-bond acceptors (Lipinski definition) is 5. The smallest absolute Gasteiger partial charge is 0.270 e. The third-order valence-corrected chi connectivity index (χ3v) is 4.85. The molecule has 0 aliphatic carbocycles. The molecule has 0 unspecified atom stereocenters. The largest absolute Gasteiger partial charge is 0.496 e. The van der Waals surface area contributed by atoms with Crippen molar-refractivity contribution in [3.63, 3.8) is 0 Å². The van der Waals surface area contributed by atoms with Gasteiger partial charge >= 0.3 is 0 Å². The molecule has 0 saturated carbocycles. The fourth-order valence-corrected chi connectivity index (χ4v) is 3.42. The van der Waals surface area contributed by atoms with Gasteiger partial charge in [0.1, 0.15) is 5.75 Å². The minimum Gasteiger partial charge on any atom is -0.496 e. The van der Waals surface area contributed by atoms with E-state index in [-0.39, 0.29) is 5.69 Å². The van der Waals surface area contributed by atoms with Crippen LogP contribution < -0.4 is 10.5 Å². The Labute approximate surface area is 134 Å². The van der Waals surface area contributed by atoms with E-state index in [1.165, 1.54) is 12.1 Å². The number of nitro groups is 1. The number of ether oxygens (including phenoxy) is 1. The molecule has 0 aliphatic rings. The molecule has 2 N–H and O–H groups in total. The number of nitro benzene ring substituents is 1. The quantitative estimate of drug-likeness (QED) is 0.369. The topological polar surface area (TPSA) is 78.4 Å². The van der Waals surface area contributed by atoms with E-state index in [9.17, 15) is 10.1 Å². The van der Waals surface area contributed by atoms with Crippen LogP contribution in [0.3, 0.4) is 0 Å². The molecule has 0 radical (unpaired) electrons. The Morgan fingerprint density at radius 3 is 2.71 bits per heavy atom. The average molecular weight is 369 g/mol. The van der Waals surface area contributed by atoms with Crippen LogP contribution in [0.5, 0.6) is 5.75 Å². The number of nitrogens with zero attached hydrogens (tertiary/aromatic N) is 1. The zero-order chi connectivity index (χ0) is 15.4. The molecular formula is C14H13BrN2O3S. The summed E-state index contributed by atoms with van der Waals surface area (Å²) in [6.45, 7) is 0. The molecule has 0 aliphatic heterocycles. The van der Waals surface area contributed by atoms with Gasteiger partial charge in [0.25, 0.3) is 5.69 Å². The van der Waals surface area contributed by atoms with Crippen LogP contribution in [0.1, 0.15) is 5.56 Å². The second-order valence-corrected chi connectivity index (χ2v) is 6.10. The lowest BCUT2D eigenvalue weighted by Crippen LogP contribution is -1.94. The summed E-state index contributed by atoms with van der Waals surface area (Å²) >= 11 is 5.01. The molecule has 0 saturated heterocycles. The number of halogens is 1. The predicted octanol–water partition coefficient (Wildman–Crippen LogP) is 4.24. The van der Waals surface area contributed by atoms with Crippen molar-refractivity contribution in [2.45, 2.75) is 10.6 Å². The highest BCUT2D eigenvalue weighted by Crippen LogP contribution is 2.34. The van der Waals surface area contributed by atoms with Gasteiger partial charge in [0.2, 0.25) is 0 Å². The fourth-order valence-electron chi connectivity index (χ4n) is 1.78. The zero-order valence-corrected chi connectivity index (χ0v) is 13.6. The number of thioether (sulfide) groups is 1. The first kappa shape index (κ1) is 15.7. The van der Waals surface area contributed by atoms with Crippen LogP contribution in [0.15, 0.2) is 45.8 Å². The van der Waals surface area contributed by atoms with Gasteiger partial charge in [-0.2, -0.15) is 0 Å². The molecule has 0 aromatic heterocycles. The summed E-state index contributed by atoms with van der Waals surface area (Å²) in [4.78, 5) is 11.5. The first-order valence-corrected chi connectivity index (χ1v) is 7.78. The lowest BCUT2D eigenvalue weighted by Gasteiger charge is -2.09. The molecule has 110 valence electrons. The lowest BCUT2D eigenvalue weighted by atomic mass is 10.2. The standard InChI is InChI=1S/C14H13BrN2O3S/c1-20-13-4-3-11(17(18)19)6-9(13)8-21-14-5-2-10(16)7-12(14)15/h2-7H,8,16H2,1H3. The number of hydrogen-bond donors (Lipinski definition) is 1. The number of non-ortho nitro benzene ring substituents is 1. The van der Waals surface area contributed by atoms with Crippen LogP contribution >= 0.6 is 27.7 Å². The summed E-state index contributed by atoms with van der Waals surface area (Å²) in [7, 11) is 1.55. The Morgan fingerprint density at radius 1 is 1.33 bits per heavy atom. The van der Waals surface area contributed by atoms with Gasteiger partial charge in [-0.1, -0.05) is 0 Å². The van der Waals surface area contributed by atoms with Gasteiger partial charge in [-0.05, 0) is 40.2 Å². The summed E-state index contributed by atoms with van der Waals surface area (Å²) in [6.07, 6.45) is 0. The second kappa shape index (κ2) is 6.82. The number of rotatable bonds is 5. The molecule has 0 atom stereocenters. The van der Waals surface area contributed by atoms with Gasteiger partial charge in [0.15, 0.2) is 0 Å². The van der Waals surface area contributed by atoms with Crippen LogP contribution in [-0.4, -0.2) is 12.0 Å². The van der Waals surface area contributed by atoms with Crippen molar-refractivity contribution in [1.82, 2.24) is 0 Å². The highest BCUT2D eigenvalue weighted by Gasteiger charge is 2.12. The van der Waals surface area contributed by atoms with Gasteiger partial charge in [-0.25, -0.2) is 0 Å². The summed E-state index contributed by atoms with van der Waals surface area (Å²) in [6, 6.07) is 10.1. The Balaban J connectivity index is 2.22. The van der Waals surface area contributed by atoms with Crippen molar-refractivity contribution in [2.24, 2.45) is 0 Å². The molecule has 7 heteroatoms. The van der Waals surface area contributed by atoms with E-state index in [0.29, 0.717) is 17.2 Å². The Morgan fingerprint density at radius 2 is 2.10 bits per heavy atom. The lowest BCUT2D eigenvalue weighted by molar-refractivity contribution is -0.384. The van der Waals surface area contributed by atoms with Gasteiger partial charge < -0.3 is 10.5 Å². The van der Waals surface area contributed by atoms with E-state index in [1.54, 1.807) is 24.9 Å². The number of anilines is 1. The van der Waals surface area contributed by atoms with Gasteiger partial charge in [-0.3, -0.25) is 10.1 Å². The van der Waals surface area contributed by atoms with Crippen molar-refractivity contribution in [3.8, 4) is 5.75 Å². The van der Waals surface area contributed by atoms with Crippen LogP contribution in [0.2, 0.25) is 0 Å². The molecule has 2 aromatic rings. The second-order valence-electron chi connectivity index (χ2n) is 4.23. The van der Waals surface area contributed by atoms with Crippen LogP contribution in [0.25, 0.3) is 0 Å². The third kappa shape index (κ3) is 3.89. The maximum Gasteiger partial charge on any atom is 0.270 e. The number of benzene rings is 2. The molecule has 21 heavy (non-hydrogen) atoms. The van der Waals surface area contributed by atoms with Gasteiger partial charge in [0.05, 0.1) is 12.0 Å². The molecule has 0 spiro atoms. The first-order chi connectivity index (χ1) is 10.0. The SMILES string of the molecule is COc1ccc([N+](=O)[O-])cc1CSc1ccc(N)cc1Br. The van der Waals surface area contributed by atoms with Gasteiger partial charge in [-0.15, -0.1) is 11.8 Å². The van der Waals surface area contributed by atoms with Crippen molar-refractivity contribution >= 4 is 39.1 Å². The predicted molar refractivity (Wildman–Crippen MR) is 87.8 cm³/mol. The number of nitrogens with two attached hydrogens (primary N) is 1. The molecular weight excluding hydrogens is 356 g/mol. The number of nitrogen functional groups attached to an aromatic ring is 1. The Kier molecular flexibility index (Phi) is 5.08. The fraction of sp³-hybridized carbons (Fsp3) is 0.143. The van der Waals surface area contributed by atoms with Crippen molar-refractivity contribution in [2.75, 3.05) is 12.8 Å². The van der Waals surface area contributed by atoms with E-state index < -0.39 is 4.92 Å². The van der Waals surface area contributed by atoms with E-state index in [1.807, 2.05) is 18.2 Å². The molecule has 0 fully saturated rings. The molecule has 2 rings (SSSR count). The normalized spacial score (nSPS) is 10.4. The summed E-state index contributed by atoms with van der Waals surface area (Å²) in [5, 5.41) is 10.9. The Hall–Kier alpha value is -1.73. The summed E-state index contributed by atoms with van der Waals surface area (Å²) in [5.41, 5.74) is 7.22. The maximum atomic E-state index is 10.9. The van der Waals surface area contributed by atoms with Crippen molar-refractivity contribution in [1.29, 1.82) is 0 Å². The molecule has 2 aromatic carbocycles. The summed E-state index contributed by atoms with van der Waals surface area (Å²) < 4.78 is 6.15. The first-order valence-electron chi connectivity index (χ1n) is 6.00. The Bertz CT molecular complexity index is 679. The van der Waals surface area contributed by atoms with E-state index >= 15 is 0 Å². The van der Waals surface area contributed by atoms with E-state index in [4.69, 9.17) is 10.5 Å². The van der Waals surface area contributed by atoms with Crippen LogP contribution in [-0.2, 0) is 5.75 Å². The molecule has 0 heterocycles. The van der Waals surface area contributed by atoms with Crippen molar-refractivity contribution in [3.05, 3.63) is 56.5 Å². The minimum atomic E-state index is -0.410. The maximum absolute atomic E-state index is 10.9. The summed E-state index contributed by atoms with van der Waals surface area (Å²) in [5.74, 6) is 1.20. The highest BCUT2D eigenvalue weighted by atomic mass is 79.9. The minimum absolute atomic E-state index is 0.0581. The van der Waals surface area contributed by atoms with Crippen molar-refractivity contribution < 1.29 is 9.66 Å². The van der Waals surface area contributed by atoms with Crippen LogP contribution in [0, 0.1) is 10.1 Å². The van der Waals surface area contributed by atoms with E-state index in [0.717, 1.165) is 14.9 Å². The average Bonchev–Trinajstić information content (AvgIpc) is 2.46. The molecule has 0 amide bonds. The van der Waals surface area contributed by atoms with E-state index in [2.05, 4.69) is 15.9 Å².